The zero-order chi connectivity index (χ0) is 15.0. The van der Waals surface area contributed by atoms with Gasteiger partial charge in [0.1, 0.15) is 5.75 Å². The molecule has 4 nitrogen and oxygen atoms in total. The van der Waals surface area contributed by atoms with Crippen molar-refractivity contribution in [1.29, 1.82) is 0 Å². The summed E-state index contributed by atoms with van der Waals surface area (Å²) in [7, 11) is 1.61. The van der Waals surface area contributed by atoms with E-state index in [1.54, 1.807) is 13.2 Å². The van der Waals surface area contributed by atoms with Crippen molar-refractivity contribution >= 4 is 23.2 Å². The molecule has 1 aliphatic carbocycles. The fourth-order valence-electron chi connectivity index (χ4n) is 2.83. The summed E-state index contributed by atoms with van der Waals surface area (Å²) in [5.74, 6) is 0.805. The SMILES string of the molecule is COc1cc(Cl)c(C)cc1N1CCCC(NC2CC2)C1=O. The average Bonchev–Trinajstić information content (AvgIpc) is 3.28. The second-order valence-corrected chi connectivity index (χ2v) is 6.31. The highest BCUT2D eigenvalue weighted by molar-refractivity contribution is 6.31. The van der Waals surface area contributed by atoms with Crippen LogP contribution in [0.15, 0.2) is 12.1 Å². The first-order valence-corrected chi connectivity index (χ1v) is 7.89. The Kier molecular flexibility index (Phi) is 4.09. The van der Waals surface area contributed by atoms with Gasteiger partial charge in [-0.15, -0.1) is 0 Å². The van der Waals surface area contributed by atoms with Crippen molar-refractivity contribution in [2.45, 2.75) is 44.7 Å². The molecule has 1 saturated carbocycles. The van der Waals surface area contributed by atoms with Gasteiger partial charge in [-0.3, -0.25) is 4.79 Å². The molecule has 1 unspecified atom stereocenters. The number of benzene rings is 1. The molecule has 0 aromatic heterocycles. The Morgan fingerprint density at radius 1 is 1.33 bits per heavy atom. The predicted molar refractivity (Wildman–Crippen MR) is 84.3 cm³/mol. The number of nitrogens with zero attached hydrogens (tertiary/aromatic N) is 1. The lowest BCUT2D eigenvalue weighted by Crippen LogP contribution is -2.51. The van der Waals surface area contributed by atoms with Gasteiger partial charge in [0.05, 0.1) is 18.8 Å². The van der Waals surface area contributed by atoms with Gasteiger partial charge in [-0.1, -0.05) is 11.6 Å². The lowest BCUT2D eigenvalue weighted by atomic mass is 10.0. The van der Waals surface area contributed by atoms with Gasteiger partial charge in [0.15, 0.2) is 0 Å². The molecule has 1 aromatic carbocycles. The summed E-state index contributed by atoms with van der Waals surface area (Å²) in [6.45, 7) is 2.68. The maximum absolute atomic E-state index is 12.7. The summed E-state index contributed by atoms with van der Waals surface area (Å²) >= 11 is 6.15. The van der Waals surface area contributed by atoms with Gasteiger partial charge < -0.3 is 15.0 Å². The molecule has 114 valence electrons. The summed E-state index contributed by atoms with van der Waals surface area (Å²) in [4.78, 5) is 14.6. The fourth-order valence-corrected chi connectivity index (χ4v) is 2.98. The van der Waals surface area contributed by atoms with Crippen LogP contribution < -0.4 is 15.0 Å². The zero-order valence-electron chi connectivity index (χ0n) is 12.5. The number of carbonyl (C=O) groups excluding carboxylic acids is 1. The van der Waals surface area contributed by atoms with Crippen molar-refractivity contribution < 1.29 is 9.53 Å². The van der Waals surface area contributed by atoms with Crippen LogP contribution >= 0.6 is 11.6 Å². The molecular formula is C16H21ClN2O2. The third-order valence-electron chi connectivity index (χ3n) is 4.20. The number of rotatable bonds is 4. The first-order valence-electron chi connectivity index (χ1n) is 7.51. The highest BCUT2D eigenvalue weighted by Crippen LogP contribution is 2.35. The smallest absolute Gasteiger partial charge is 0.244 e. The van der Waals surface area contributed by atoms with E-state index < -0.39 is 0 Å². The summed E-state index contributed by atoms with van der Waals surface area (Å²) in [6.07, 6.45) is 4.29. The van der Waals surface area contributed by atoms with Crippen molar-refractivity contribution in [3.8, 4) is 5.75 Å². The van der Waals surface area contributed by atoms with E-state index in [4.69, 9.17) is 16.3 Å². The molecule has 0 bridgehead atoms. The van der Waals surface area contributed by atoms with Crippen LogP contribution in [0.4, 0.5) is 5.69 Å². The standard InChI is InChI=1S/C16H21ClN2O2/c1-10-8-14(15(21-2)9-12(10)17)19-7-3-4-13(16(19)20)18-11-5-6-11/h8-9,11,13,18H,3-7H2,1-2H3. The van der Waals surface area contributed by atoms with Gasteiger partial charge >= 0.3 is 0 Å². The highest BCUT2D eigenvalue weighted by atomic mass is 35.5. The monoisotopic (exact) mass is 308 g/mol. The Bertz CT molecular complexity index is 557. The molecule has 1 atom stereocenters. The van der Waals surface area contributed by atoms with Gasteiger partial charge in [-0.25, -0.2) is 0 Å². The Balaban J connectivity index is 1.87. The van der Waals surface area contributed by atoms with Crippen LogP contribution in [-0.4, -0.2) is 31.6 Å². The van der Waals surface area contributed by atoms with Crippen molar-refractivity contribution in [2.24, 2.45) is 0 Å². The summed E-state index contributed by atoms with van der Waals surface area (Å²) in [5.41, 5.74) is 1.78. The Hall–Kier alpha value is -1.26. The number of ether oxygens (including phenoxy) is 1. The number of anilines is 1. The number of methoxy groups -OCH3 is 1. The van der Waals surface area contributed by atoms with Crippen LogP contribution in [0.25, 0.3) is 0 Å². The third-order valence-corrected chi connectivity index (χ3v) is 4.61. The number of hydrogen-bond acceptors (Lipinski definition) is 3. The van der Waals surface area contributed by atoms with Crippen LogP contribution in [0, 0.1) is 6.92 Å². The van der Waals surface area contributed by atoms with E-state index in [1.165, 1.54) is 12.8 Å². The van der Waals surface area contributed by atoms with Crippen LogP contribution in [0.5, 0.6) is 5.75 Å². The quantitative estimate of drug-likeness (QED) is 0.930. The molecule has 1 aliphatic heterocycles. The molecule has 2 aliphatic rings. The maximum Gasteiger partial charge on any atom is 0.244 e. The molecule has 5 heteroatoms. The molecule has 1 amide bonds. The summed E-state index contributed by atoms with van der Waals surface area (Å²) in [6, 6.07) is 4.20. The predicted octanol–water partition coefficient (Wildman–Crippen LogP) is 2.90. The van der Waals surface area contributed by atoms with Crippen LogP contribution in [0.1, 0.15) is 31.2 Å². The number of piperidine rings is 1. The van der Waals surface area contributed by atoms with E-state index in [1.807, 2.05) is 17.9 Å². The molecule has 0 spiro atoms. The minimum atomic E-state index is -0.0630. The number of amides is 1. The van der Waals surface area contributed by atoms with Crippen LogP contribution in [-0.2, 0) is 4.79 Å². The topological polar surface area (TPSA) is 41.6 Å². The van der Waals surface area contributed by atoms with Crippen molar-refractivity contribution in [3.05, 3.63) is 22.7 Å². The van der Waals surface area contributed by atoms with Gasteiger partial charge in [-0.2, -0.15) is 0 Å². The van der Waals surface area contributed by atoms with Gasteiger partial charge in [0, 0.05) is 23.7 Å². The molecule has 1 aromatic rings. The zero-order valence-corrected chi connectivity index (χ0v) is 13.2. The molecule has 21 heavy (non-hydrogen) atoms. The van der Waals surface area contributed by atoms with Crippen LogP contribution in [0.3, 0.4) is 0 Å². The summed E-state index contributed by atoms with van der Waals surface area (Å²) < 4.78 is 5.41. The number of halogens is 1. The fraction of sp³-hybridized carbons (Fsp3) is 0.562. The molecule has 0 radical (unpaired) electrons. The van der Waals surface area contributed by atoms with Crippen molar-refractivity contribution in [3.63, 3.8) is 0 Å². The minimum absolute atomic E-state index is 0.0630. The van der Waals surface area contributed by atoms with E-state index in [-0.39, 0.29) is 11.9 Å². The molecule has 1 saturated heterocycles. The Morgan fingerprint density at radius 2 is 2.10 bits per heavy atom. The van der Waals surface area contributed by atoms with Gasteiger partial charge in [-0.05, 0) is 44.2 Å². The second kappa shape index (κ2) is 5.85. The first-order chi connectivity index (χ1) is 10.1. The number of carbonyl (C=O) groups is 1. The molecule has 2 fully saturated rings. The lowest BCUT2D eigenvalue weighted by molar-refractivity contribution is -0.121. The minimum Gasteiger partial charge on any atom is -0.495 e. The van der Waals surface area contributed by atoms with Crippen LogP contribution in [0.2, 0.25) is 5.02 Å². The molecule has 1 heterocycles. The summed E-state index contributed by atoms with van der Waals surface area (Å²) in [5, 5.41) is 4.11. The number of nitrogens with one attached hydrogen (secondary N) is 1. The Labute approximate surface area is 130 Å². The van der Waals surface area contributed by atoms with Crippen molar-refractivity contribution in [2.75, 3.05) is 18.6 Å². The molecule has 1 N–H and O–H groups in total. The lowest BCUT2D eigenvalue weighted by Gasteiger charge is -2.34. The molecular weight excluding hydrogens is 288 g/mol. The maximum atomic E-state index is 12.7. The van der Waals surface area contributed by atoms with E-state index >= 15 is 0 Å². The Morgan fingerprint density at radius 3 is 2.76 bits per heavy atom. The largest absolute Gasteiger partial charge is 0.495 e. The van der Waals surface area contributed by atoms with Gasteiger partial charge in [0.25, 0.3) is 0 Å². The number of hydrogen-bond donors (Lipinski definition) is 1. The average molecular weight is 309 g/mol. The van der Waals surface area contributed by atoms with E-state index in [0.717, 1.165) is 30.6 Å². The highest BCUT2D eigenvalue weighted by Gasteiger charge is 2.34. The van der Waals surface area contributed by atoms with Crippen molar-refractivity contribution in [1.82, 2.24) is 5.32 Å². The second-order valence-electron chi connectivity index (χ2n) is 5.90. The van der Waals surface area contributed by atoms with E-state index in [9.17, 15) is 4.79 Å². The first kappa shape index (κ1) is 14.7. The van der Waals surface area contributed by atoms with E-state index in [2.05, 4.69) is 5.32 Å². The normalized spacial score (nSPS) is 22.5. The molecule has 3 rings (SSSR count). The third kappa shape index (κ3) is 3.01. The number of aryl methyl sites for hydroxylation is 1. The van der Waals surface area contributed by atoms with Gasteiger partial charge in [0.2, 0.25) is 5.91 Å². The van der Waals surface area contributed by atoms with E-state index in [0.29, 0.717) is 16.8 Å².